The molecule has 5 nitrogen and oxygen atoms in total. The van der Waals surface area contributed by atoms with Gasteiger partial charge in [0, 0.05) is 50.0 Å². The summed E-state index contributed by atoms with van der Waals surface area (Å²) in [7, 11) is 0. The zero-order chi connectivity index (χ0) is 28.4. The van der Waals surface area contributed by atoms with E-state index in [0.717, 1.165) is 32.8 Å². The molecule has 0 aliphatic heterocycles. The summed E-state index contributed by atoms with van der Waals surface area (Å²) in [5, 5.41) is 13.6. The Kier molecular flexibility index (Phi) is 6.66. The molecular formula is C34H32N3O2Pt-. The summed E-state index contributed by atoms with van der Waals surface area (Å²) in [6, 6.07) is 26.7. The third-order valence-electron chi connectivity index (χ3n) is 7.16. The molecule has 0 radical (unpaired) electrons. The van der Waals surface area contributed by atoms with Gasteiger partial charge in [-0.25, -0.2) is 9.97 Å². The molecule has 6 aromatic rings. The van der Waals surface area contributed by atoms with Crippen molar-refractivity contribution in [2.24, 2.45) is 0 Å². The average Bonchev–Trinajstić information content (AvgIpc) is 3.20. The second-order valence-corrected chi connectivity index (χ2v) is 12.1. The normalized spacial score (nSPS) is 12.5. The van der Waals surface area contributed by atoms with Gasteiger partial charge in [-0.05, 0) is 51.6 Å². The van der Waals surface area contributed by atoms with Gasteiger partial charge in [0.1, 0.15) is 17.1 Å². The fraction of sp³-hybridized carbons (Fsp3) is 0.235. The Bertz CT molecular complexity index is 1930. The van der Waals surface area contributed by atoms with E-state index in [9.17, 15) is 5.11 Å². The summed E-state index contributed by atoms with van der Waals surface area (Å²) in [5.41, 5.74) is 4.32. The number of ether oxygens (including phenoxy) is 1. The summed E-state index contributed by atoms with van der Waals surface area (Å²) in [4.78, 5) is 9.19. The summed E-state index contributed by atoms with van der Waals surface area (Å²) >= 11 is 0. The molecule has 0 unspecified atom stereocenters. The number of phenolic OH excluding ortho intramolecular Hbond substituents is 1. The zero-order valence-corrected chi connectivity index (χ0v) is 25.7. The molecule has 0 saturated carbocycles. The molecule has 3 aromatic carbocycles. The van der Waals surface area contributed by atoms with Crippen LogP contribution in [0.3, 0.4) is 0 Å². The monoisotopic (exact) mass is 710 g/mol. The molecule has 6 rings (SSSR count). The van der Waals surface area contributed by atoms with Gasteiger partial charge in [-0.2, -0.15) is 6.07 Å². The molecule has 0 saturated heterocycles. The fourth-order valence-electron chi connectivity index (χ4n) is 5.12. The van der Waals surface area contributed by atoms with Crippen LogP contribution in [0, 0.1) is 6.07 Å². The Balaban J connectivity index is 0.00000337. The van der Waals surface area contributed by atoms with Crippen LogP contribution in [0.4, 0.5) is 0 Å². The second-order valence-electron chi connectivity index (χ2n) is 12.1. The average molecular weight is 711 g/mol. The molecule has 0 bridgehead atoms. The van der Waals surface area contributed by atoms with Crippen molar-refractivity contribution in [2.75, 3.05) is 0 Å². The van der Waals surface area contributed by atoms with Crippen LogP contribution in [0.2, 0.25) is 0 Å². The summed E-state index contributed by atoms with van der Waals surface area (Å²) in [5.74, 6) is 1.65. The Hall–Kier alpha value is -3.69. The van der Waals surface area contributed by atoms with Crippen molar-refractivity contribution in [1.82, 2.24) is 14.5 Å². The SMILES string of the molecule is [2H]c1cccc(-n2c3[c-]c(Oc4cc(C(C)(C)C)c5cccc(O)c5n4)ccc3c3ccc(C(C)(C)C)cc32)n1.[Pt]. The van der Waals surface area contributed by atoms with E-state index in [0.29, 0.717) is 23.0 Å². The van der Waals surface area contributed by atoms with E-state index in [1.807, 2.05) is 47.0 Å². The van der Waals surface area contributed by atoms with Crippen LogP contribution < -0.4 is 4.74 Å². The third-order valence-corrected chi connectivity index (χ3v) is 7.16. The number of aromatic hydroxyl groups is 1. The number of rotatable bonds is 3. The van der Waals surface area contributed by atoms with Crippen LogP contribution in [0.5, 0.6) is 17.4 Å². The number of pyridine rings is 2. The van der Waals surface area contributed by atoms with Gasteiger partial charge in [-0.15, -0.1) is 17.5 Å². The van der Waals surface area contributed by atoms with Gasteiger partial charge in [-0.3, -0.25) is 0 Å². The summed E-state index contributed by atoms with van der Waals surface area (Å²) < 4.78 is 16.5. The molecule has 3 aromatic heterocycles. The third kappa shape index (κ3) is 4.88. The van der Waals surface area contributed by atoms with Gasteiger partial charge in [-0.1, -0.05) is 77.4 Å². The van der Waals surface area contributed by atoms with E-state index in [1.54, 1.807) is 12.1 Å². The van der Waals surface area contributed by atoms with E-state index in [4.69, 9.17) is 6.11 Å². The second kappa shape index (κ2) is 10.0. The number of nitrogens with zero attached hydrogens (tertiary/aromatic N) is 3. The maximum atomic E-state index is 10.6. The standard InChI is InChI=1S/C34H32N3O2.Pt/c1-33(2,3)21-13-15-23-24-16-14-22(19-28(24)37(27(23)18-21)30-12-7-8-17-35-30)39-31-20-26(34(4,5)6)25-10-9-11-29(38)32(25)36-31;/h7-18,20,38H,1-6H3;/q-1;/i17D;. The largest absolute Gasteiger partial charge is 0.506 e. The molecule has 0 fully saturated rings. The molecule has 0 aliphatic carbocycles. The summed E-state index contributed by atoms with van der Waals surface area (Å²) in [6.45, 7) is 13.0. The first-order valence-corrected chi connectivity index (χ1v) is 13.2. The molecule has 0 aliphatic rings. The Labute approximate surface area is 250 Å². The van der Waals surface area contributed by atoms with E-state index in [-0.39, 0.29) is 43.8 Å². The number of phenols is 1. The summed E-state index contributed by atoms with van der Waals surface area (Å²) in [6.07, 6.45) is 0.196. The van der Waals surface area contributed by atoms with Gasteiger partial charge in [0.15, 0.2) is 0 Å². The van der Waals surface area contributed by atoms with Crippen LogP contribution >= 0.6 is 0 Å². The zero-order valence-electron chi connectivity index (χ0n) is 24.4. The van der Waals surface area contributed by atoms with E-state index >= 15 is 0 Å². The van der Waals surface area contributed by atoms with Crippen LogP contribution in [0.1, 0.15) is 54.0 Å². The number of para-hydroxylation sites is 1. The first-order valence-electron chi connectivity index (χ1n) is 13.7. The van der Waals surface area contributed by atoms with Gasteiger partial charge < -0.3 is 14.4 Å². The molecule has 0 amide bonds. The minimum Gasteiger partial charge on any atom is -0.506 e. The molecule has 1 N–H and O–H groups in total. The first kappa shape index (κ1) is 26.5. The van der Waals surface area contributed by atoms with Crippen LogP contribution in [-0.2, 0) is 31.9 Å². The predicted octanol–water partition coefficient (Wildman–Crippen LogP) is 8.62. The topological polar surface area (TPSA) is 60.2 Å². The van der Waals surface area contributed by atoms with Gasteiger partial charge in [0.25, 0.3) is 0 Å². The molecule has 0 atom stereocenters. The minimum absolute atomic E-state index is 0. The van der Waals surface area contributed by atoms with Crippen molar-refractivity contribution < 1.29 is 32.3 Å². The molecule has 3 heterocycles. The number of aromatic nitrogens is 3. The quantitative estimate of drug-likeness (QED) is 0.187. The van der Waals surface area contributed by atoms with E-state index < -0.39 is 0 Å². The van der Waals surface area contributed by atoms with Gasteiger partial charge in [0.2, 0.25) is 5.88 Å². The van der Waals surface area contributed by atoms with E-state index in [2.05, 4.69) is 75.8 Å². The molecule has 40 heavy (non-hydrogen) atoms. The van der Waals surface area contributed by atoms with Crippen molar-refractivity contribution in [3.05, 3.63) is 96.2 Å². The fourth-order valence-corrected chi connectivity index (χ4v) is 5.12. The Morgan fingerprint density at radius 1 is 0.850 bits per heavy atom. The van der Waals surface area contributed by atoms with Crippen LogP contribution in [-0.4, -0.2) is 19.6 Å². The van der Waals surface area contributed by atoms with Crippen LogP contribution in [0.15, 0.2) is 79.0 Å². The van der Waals surface area contributed by atoms with Gasteiger partial charge in [0.05, 0.1) is 1.37 Å². The maximum Gasteiger partial charge on any atom is 0.217 e. The van der Waals surface area contributed by atoms with Crippen molar-refractivity contribution in [2.45, 2.75) is 52.4 Å². The molecule has 206 valence electrons. The van der Waals surface area contributed by atoms with Crippen molar-refractivity contribution >= 4 is 32.7 Å². The molecule has 0 spiro atoms. The Morgan fingerprint density at radius 2 is 1.62 bits per heavy atom. The number of hydrogen-bond acceptors (Lipinski definition) is 4. The minimum atomic E-state index is -0.190. The smallest absolute Gasteiger partial charge is 0.217 e. The van der Waals surface area contributed by atoms with E-state index in [1.165, 1.54) is 5.56 Å². The molecular weight excluding hydrogens is 677 g/mol. The number of benzene rings is 3. The predicted molar refractivity (Wildman–Crippen MR) is 158 cm³/mol. The van der Waals surface area contributed by atoms with Gasteiger partial charge >= 0.3 is 0 Å². The first-order chi connectivity index (χ1) is 18.9. The van der Waals surface area contributed by atoms with Crippen LogP contribution in [0.25, 0.3) is 38.5 Å². The van der Waals surface area contributed by atoms with Crippen molar-refractivity contribution in [3.63, 3.8) is 0 Å². The Morgan fingerprint density at radius 3 is 2.35 bits per heavy atom. The molecule has 6 heteroatoms. The van der Waals surface area contributed by atoms with Crippen molar-refractivity contribution in [1.29, 1.82) is 0 Å². The maximum absolute atomic E-state index is 10.6. The number of fused-ring (bicyclic) bond motifs is 4. The van der Waals surface area contributed by atoms with Crippen molar-refractivity contribution in [3.8, 4) is 23.2 Å². The number of hydrogen-bond donors (Lipinski definition) is 1.